The number of terminal acetylenes is 1. The highest BCUT2D eigenvalue weighted by Crippen LogP contribution is 2.06. The largest absolute Gasteiger partial charge is 0.444 e. The minimum Gasteiger partial charge on any atom is -0.444 e. The maximum atomic E-state index is 11.4. The predicted octanol–water partition coefficient (Wildman–Crippen LogP) is 1.87. The summed E-state index contributed by atoms with van der Waals surface area (Å²) in [4.78, 5) is 22.7. The summed E-state index contributed by atoms with van der Waals surface area (Å²) in [6, 6.07) is 0. The molecular formula is C20H36N2O6. The van der Waals surface area contributed by atoms with Crippen LogP contribution in [0.2, 0.25) is 0 Å². The van der Waals surface area contributed by atoms with Crippen molar-refractivity contribution < 1.29 is 28.5 Å². The Balaban J connectivity index is 3.21. The molecule has 162 valence electrons. The monoisotopic (exact) mass is 400 g/mol. The summed E-state index contributed by atoms with van der Waals surface area (Å²) >= 11 is 0. The first-order valence-corrected chi connectivity index (χ1v) is 9.75. The fourth-order valence-electron chi connectivity index (χ4n) is 1.90. The number of nitrogens with one attached hydrogen (secondary N) is 2. The highest BCUT2D eigenvalue weighted by atomic mass is 16.6. The molecule has 0 aliphatic heterocycles. The molecule has 0 fully saturated rings. The molecule has 8 nitrogen and oxygen atoms in total. The van der Waals surface area contributed by atoms with E-state index in [2.05, 4.69) is 16.6 Å². The van der Waals surface area contributed by atoms with Crippen molar-refractivity contribution in [3.8, 4) is 12.3 Å². The molecule has 8 heteroatoms. The SMILES string of the molecule is C#CCCC(=O)NCCCOCCOCCOCCCNC(=O)OC(C)(C)C. The molecule has 0 spiro atoms. The van der Waals surface area contributed by atoms with Crippen molar-refractivity contribution in [1.29, 1.82) is 0 Å². The van der Waals surface area contributed by atoms with Crippen LogP contribution in [0.5, 0.6) is 0 Å². The van der Waals surface area contributed by atoms with Gasteiger partial charge in [0.2, 0.25) is 5.91 Å². The van der Waals surface area contributed by atoms with E-state index in [1.54, 1.807) is 0 Å². The third-order valence-electron chi connectivity index (χ3n) is 3.16. The van der Waals surface area contributed by atoms with Crippen molar-refractivity contribution in [1.82, 2.24) is 10.6 Å². The Labute approximate surface area is 169 Å². The summed E-state index contributed by atoms with van der Waals surface area (Å²) in [5, 5.41) is 5.45. The van der Waals surface area contributed by atoms with Crippen LogP contribution < -0.4 is 10.6 Å². The standard InChI is InChI=1S/C20H36N2O6/c1-5-6-9-18(23)21-10-7-12-25-14-16-27-17-15-26-13-8-11-22-19(24)28-20(2,3)4/h1H,6-17H2,2-4H3,(H,21,23)(H,22,24). The average Bonchev–Trinajstić information content (AvgIpc) is 2.61. The Bertz CT molecular complexity index is 457. The molecule has 0 atom stereocenters. The quantitative estimate of drug-likeness (QED) is 0.303. The molecule has 0 radical (unpaired) electrons. The number of ether oxygens (including phenoxy) is 4. The van der Waals surface area contributed by atoms with Gasteiger partial charge >= 0.3 is 6.09 Å². The number of amides is 2. The number of carbonyl (C=O) groups is 2. The van der Waals surface area contributed by atoms with Crippen LogP contribution in [0.4, 0.5) is 4.79 Å². The molecule has 28 heavy (non-hydrogen) atoms. The fraction of sp³-hybridized carbons (Fsp3) is 0.800. The maximum Gasteiger partial charge on any atom is 0.407 e. The Morgan fingerprint density at radius 3 is 1.86 bits per heavy atom. The van der Waals surface area contributed by atoms with Gasteiger partial charge in [0.1, 0.15) is 5.60 Å². The molecule has 0 aliphatic carbocycles. The molecule has 0 saturated carbocycles. The zero-order valence-electron chi connectivity index (χ0n) is 17.5. The van der Waals surface area contributed by atoms with Crippen LogP contribution in [-0.4, -0.2) is 70.3 Å². The Hall–Kier alpha value is -1.82. The first-order valence-electron chi connectivity index (χ1n) is 9.75. The lowest BCUT2D eigenvalue weighted by Gasteiger charge is -2.19. The molecule has 0 saturated heterocycles. The first kappa shape index (κ1) is 26.2. The minimum absolute atomic E-state index is 0.0260. The zero-order chi connectivity index (χ0) is 21.1. The molecule has 0 rings (SSSR count). The number of alkyl carbamates (subject to hydrolysis) is 1. The van der Waals surface area contributed by atoms with Crippen molar-refractivity contribution in [2.45, 2.75) is 52.1 Å². The van der Waals surface area contributed by atoms with Gasteiger partial charge in [0.15, 0.2) is 0 Å². The van der Waals surface area contributed by atoms with Gasteiger partial charge in [-0.3, -0.25) is 4.79 Å². The van der Waals surface area contributed by atoms with Gasteiger partial charge in [-0.05, 0) is 33.6 Å². The molecule has 0 aromatic heterocycles. The van der Waals surface area contributed by atoms with Crippen LogP contribution in [0.25, 0.3) is 0 Å². The van der Waals surface area contributed by atoms with Gasteiger partial charge in [0.25, 0.3) is 0 Å². The van der Waals surface area contributed by atoms with E-state index in [4.69, 9.17) is 25.4 Å². The van der Waals surface area contributed by atoms with E-state index in [9.17, 15) is 9.59 Å². The lowest BCUT2D eigenvalue weighted by Crippen LogP contribution is -2.33. The van der Waals surface area contributed by atoms with Gasteiger partial charge in [-0.25, -0.2) is 4.79 Å². The summed E-state index contributed by atoms with van der Waals surface area (Å²) in [7, 11) is 0. The molecular weight excluding hydrogens is 364 g/mol. The first-order chi connectivity index (χ1) is 13.3. The van der Waals surface area contributed by atoms with Gasteiger partial charge in [-0.1, -0.05) is 0 Å². The normalized spacial score (nSPS) is 10.9. The van der Waals surface area contributed by atoms with Crippen LogP contribution in [0.1, 0.15) is 46.5 Å². The second-order valence-corrected chi connectivity index (χ2v) is 7.03. The van der Waals surface area contributed by atoms with Crippen LogP contribution in [0, 0.1) is 12.3 Å². The highest BCUT2D eigenvalue weighted by Gasteiger charge is 2.15. The Kier molecular flexibility index (Phi) is 16.2. The van der Waals surface area contributed by atoms with Crippen LogP contribution in [0.15, 0.2) is 0 Å². The van der Waals surface area contributed by atoms with Gasteiger partial charge in [-0.15, -0.1) is 12.3 Å². The van der Waals surface area contributed by atoms with Crippen molar-refractivity contribution in [2.75, 3.05) is 52.7 Å². The molecule has 0 unspecified atom stereocenters. The van der Waals surface area contributed by atoms with Crippen molar-refractivity contribution in [3.63, 3.8) is 0 Å². The van der Waals surface area contributed by atoms with E-state index < -0.39 is 11.7 Å². The maximum absolute atomic E-state index is 11.4. The van der Waals surface area contributed by atoms with Crippen LogP contribution in [0.3, 0.4) is 0 Å². The van der Waals surface area contributed by atoms with Gasteiger partial charge < -0.3 is 29.6 Å². The molecule has 2 amide bonds. The summed E-state index contributed by atoms with van der Waals surface area (Å²) in [5.41, 5.74) is -0.486. The lowest BCUT2D eigenvalue weighted by atomic mass is 10.2. The fourth-order valence-corrected chi connectivity index (χ4v) is 1.90. The third-order valence-corrected chi connectivity index (χ3v) is 3.16. The van der Waals surface area contributed by atoms with E-state index in [0.29, 0.717) is 72.0 Å². The third kappa shape index (κ3) is 20.5. The molecule has 0 aromatic rings. The summed E-state index contributed by atoms with van der Waals surface area (Å²) in [5.74, 6) is 2.41. The van der Waals surface area contributed by atoms with Crippen LogP contribution in [-0.2, 0) is 23.7 Å². The van der Waals surface area contributed by atoms with Crippen LogP contribution >= 0.6 is 0 Å². The molecule has 0 aromatic carbocycles. The van der Waals surface area contributed by atoms with Crippen molar-refractivity contribution in [3.05, 3.63) is 0 Å². The Morgan fingerprint density at radius 1 is 0.857 bits per heavy atom. The summed E-state index contributed by atoms with van der Waals surface area (Å²) < 4.78 is 21.3. The summed E-state index contributed by atoms with van der Waals surface area (Å²) in [6.07, 6.45) is 6.98. The second-order valence-electron chi connectivity index (χ2n) is 7.03. The molecule has 0 heterocycles. The number of carbonyl (C=O) groups excluding carboxylic acids is 2. The lowest BCUT2D eigenvalue weighted by molar-refractivity contribution is -0.121. The second kappa shape index (κ2) is 17.3. The Morgan fingerprint density at radius 2 is 1.36 bits per heavy atom. The number of rotatable bonds is 16. The van der Waals surface area contributed by atoms with Gasteiger partial charge in [-0.2, -0.15) is 0 Å². The van der Waals surface area contributed by atoms with E-state index in [0.717, 1.165) is 6.42 Å². The minimum atomic E-state index is -0.486. The molecule has 0 aliphatic rings. The topological polar surface area (TPSA) is 95.1 Å². The predicted molar refractivity (Wildman–Crippen MR) is 107 cm³/mol. The summed E-state index contributed by atoms with van der Waals surface area (Å²) in [6.45, 7) is 9.67. The van der Waals surface area contributed by atoms with E-state index in [1.807, 2.05) is 20.8 Å². The van der Waals surface area contributed by atoms with E-state index in [1.165, 1.54) is 0 Å². The highest BCUT2D eigenvalue weighted by molar-refractivity contribution is 5.76. The van der Waals surface area contributed by atoms with Crippen molar-refractivity contribution in [2.24, 2.45) is 0 Å². The molecule has 0 bridgehead atoms. The van der Waals surface area contributed by atoms with Gasteiger partial charge in [0, 0.05) is 39.1 Å². The molecule has 2 N–H and O–H groups in total. The number of hydrogen-bond acceptors (Lipinski definition) is 6. The number of hydrogen-bond donors (Lipinski definition) is 2. The van der Waals surface area contributed by atoms with E-state index >= 15 is 0 Å². The van der Waals surface area contributed by atoms with E-state index in [-0.39, 0.29) is 5.91 Å². The smallest absolute Gasteiger partial charge is 0.407 e. The van der Waals surface area contributed by atoms with Gasteiger partial charge in [0.05, 0.1) is 26.4 Å². The average molecular weight is 401 g/mol. The zero-order valence-corrected chi connectivity index (χ0v) is 17.5. The van der Waals surface area contributed by atoms with Crippen molar-refractivity contribution >= 4 is 12.0 Å².